The summed E-state index contributed by atoms with van der Waals surface area (Å²) >= 11 is 0. The first-order valence-electron chi connectivity index (χ1n) is 8.30. The van der Waals surface area contributed by atoms with E-state index in [0.717, 1.165) is 23.0 Å². The van der Waals surface area contributed by atoms with Gasteiger partial charge in [-0.15, -0.1) is 0 Å². The molecule has 0 spiro atoms. The van der Waals surface area contributed by atoms with Gasteiger partial charge in [-0.3, -0.25) is 0 Å². The highest BCUT2D eigenvalue weighted by atomic mass is 32.2. The van der Waals surface area contributed by atoms with Crippen LogP contribution in [0.5, 0.6) is 11.5 Å². The molecule has 3 aromatic rings. The van der Waals surface area contributed by atoms with E-state index in [1.165, 1.54) is 6.07 Å². The minimum atomic E-state index is -4.69. The number of hydrogen-bond donors (Lipinski definition) is 0. The van der Waals surface area contributed by atoms with Gasteiger partial charge >= 0.3 is 12.1 Å². The smallest absolute Gasteiger partial charge is 0.417 e. The Balaban J connectivity index is 1.94. The van der Waals surface area contributed by atoms with Crippen molar-refractivity contribution in [1.29, 1.82) is 0 Å². The minimum absolute atomic E-state index is 0.447. The third kappa shape index (κ3) is 3.11. The second kappa shape index (κ2) is 6.91. The molecule has 0 aromatic heterocycles. The van der Waals surface area contributed by atoms with Crippen LogP contribution in [0, 0.1) is 0 Å². The van der Waals surface area contributed by atoms with Gasteiger partial charge < -0.3 is 9.47 Å². The molecule has 1 aliphatic heterocycles. The zero-order chi connectivity index (χ0) is 19.9. The Morgan fingerprint density at radius 1 is 0.929 bits per heavy atom. The van der Waals surface area contributed by atoms with Crippen LogP contribution in [0.1, 0.15) is 15.9 Å². The quantitative estimate of drug-likeness (QED) is 0.318. The summed E-state index contributed by atoms with van der Waals surface area (Å²) in [6.45, 7) is 0. The molecule has 0 unspecified atom stereocenters. The fraction of sp³-hybridized carbons (Fsp3) is 0.0952. The summed E-state index contributed by atoms with van der Waals surface area (Å²) in [6.07, 6.45) is -4.69. The van der Waals surface area contributed by atoms with Crippen LogP contribution in [-0.2, 0) is 21.8 Å². The molecule has 3 aromatic carbocycles. The molecule has 3 nitrogen and oxygen atoms in total. The maximum atomic E-state index is 13.7. The highest BCUT2D eigenvalue weighted by Crippen LogP contribution is 2.47. The molecule has 0 N–H and O–H groups in total. The van der Waals surface area contributed by atoms with Crippen LogP contribution in [0.15, 0.2) is 81.4 Å². The Morgan fingerprint density at radius 3 is 2.04 bits per heavy atom. The minimum Gasteiger partial charge on any atom is -0.465 e. The van der Waals surface area contributed by atoms with Crippen molar-refractivity contribution in [3.63, 3.8) is 0 Å². The van der Waals surface area contributed by atoms with Crippen molar-refractivity contribution in [1.82, 2.24) is 0 Å². The summed E-state index contributed by atoms with van der Waals surface area (Å²) in [5.74, 6) is 0.195. The zero-order valence-corrected chi connectivity index (χ0v) is 15.4. The van der Waals surface area contributed by atoms with Gasteiger partial charge in [0.1, 0.15) is 10.9 Å². The number of esters is 1. The van der Waals surface area contributed by atoms with Crippen LogP contribution < -0.4 is 4.74 Å². The fourth-order valence-corrected chi connectivity index (χ4v) is 5.31. The molecule has 0 radical (unpaired) electrons. The van der Waals surface area contributed by atoms with Crippen LogP contribution in [0.3, 0.4) is 0 Å². The first kappa shape index (κ1) is 18.4. The van der Waals surface area contributed by atoms with E-state index < -0.39 is 34.2 Å². The molecule has 142 valence electrons. The largest absolute Gasteiger partial charge is 0.465 e. The Kier molecular flexibility index (Phi) is 4.55. The summed E-state index contributed by atoms with van der Waals surface area (Å²) < 4.78 is 51.4. The van der Waals surface area contributed by atoms with Gasteiger partial charge in [-0.1, -0.05) is 24.3 Å². The molecule has 0 aliphatic carbocycles. The lowest BCUT2D eigenvalue weighted by Gasteiger charge is -2.20. The molecule has 4 rings (SSSR count). The standard InChI is InChI=1S/C21H14F3O3S/c1-26-20(25)14-11-10-13(12-15(14)21(22,23)24)28-18-8-4-2-6-16(18)27-17-7-3-5-9-19(17)28/h2-12H,1H3/q+1. The molecule has 1 heterocycles. The molecule has 1 aliphatic rings. The Hall–Kier alpha value is -2.93. The molecular weight excluding hydrogens is 389 g/mol. The van der Waals surface area contributed by atoms with E-state index in [1.54, 1.807) is 18.2 Å². The number of hydrogen-bond acceptors (Lipinski definition) is 3. The van der Waals surface area contributed by atoms with Gasteiger partial charge in [0.25, 0.3) is 0 Å². The summed E-state index contributed by atoms with van der Waals surface area (Å²) in [7, 11) is 0.255. The summed E-state index contributed by atoms with van der Waals surface area (Å²) in [5, 5.41) is 0. The van der Waals surface area contributed by atoms with Crippen molar-refractivity contribution in [2.75, 3.05) is 7.11 Å². The van der Waals surface area contributed by atoms with Gasteiger partial charge in [-0.2, -0.15) is 13.2 Å². The summed E-state index contributed by atoms with van der Waals surface area (Å²) in [6, 6.07) is 18.3. The van der Waals surface area contributed by atoms with Crippen molar-refractivity contribution < 1.29 is 27.4 Å². The maximum absolute atomic E-state index is 13.7. The molecule has 0 saturated carbocycles. The van der Waals surface area contributed by atoms with Crippen LogP contribution in [0.25, 0.3) is 0 Å². The molecule has 0 atom stereocenters. The lowest BCUT2D eigenvalue weighted by molar-refractivity contribution is -0.138. The Morgan fingerprint density at radius 2 is 1.50 bits per heavy atom. The molecule has 0 fully saturated rings. The second-order valence-corrected chi connectivity index (χ2v) is 7.96. The first-order chi connectivity index (χ1) is 13.4. The first-order valence-corrected chi connectivity index (χ1v) is 9.52. The van der Waals surface area contributed by atoms with E-state index in [9.17, 15) is 18.0 Å². The lowest BCUT2D eigenvalue weighted by atomic mass is 10.1. The number of benzene rings is 3. The van der Waals surface area contributed by atoms with Crippen LogP contribution in [0.4, 0.5) is 13.2 Å². The summed E-state index contributed by atoms with van der Waals surface area (Å²) in [5.41, 5.74) is -1.51. The number of para-hydroxylation sites is 2. The number of halogens is 3. The Labute approximate surface area is 162 Å². The third-order valence-corrected chi connectivity index (χ3v) is 6.58. The highest BCUT2D eigenvalue weighted by molar-refractivity contribution is 7.97. The van der Waals surface area contributed by atoms with Gasteiger partial charge in [-0.05, 0) is 36.4 Å². The molecule has 7 heteroatoms. The van der Waals surface area contributed by atoms with Crippen LogP contribution >= 0.6 is 0 Å². The SMILES string of the molecule is COC(=O)c1ccc([S+]2c3ccccc3Oc3ccccc32)cc1C(F)(F)F. The number of rotatable bonds is 2. The molecule has 0 amide bonds. The average Bonchev–Trinajstić information content (AvgIpc) is 2.70. The topological polar surface area (TPSA) is 35.5 Å². The highest BCUT2D eigenvalue weighted by Gasteiger charge is 2.42. The van der Waals surface area contributed by atoms with E-state index in [-0.39, 0.29) is 0 Å². The predicted molar refractivity (Wildman–Crippen MR) is 97.9 cm³/mol. The van der Waals surface area contributed by atoms with Gasteiger partial charge in [-0.25, -0.2) is 4.79 Å². The number of alkyl halides is 3. The van der Waals surface area contributed by atoms with Gasteiger partial charge in [0.05, 0.1) is 18.2 Å². The van der Waals surface area contributed by atoms with E-state index in [1.807, 2.05) is 36.4 Å². The molecule has 28 heavy (non-hydrogen) atoms. The molecule has 0 bridgehead atoms. The zero-order valence-electron chi connectivity index (χ0n) is 14.6. The second-order valence-electron chi connectivity index (χ2n) is 6.00. The van der Waals surface area contributed by atoms with Gasteiger partial charge in [0, 0.05) is 6.07 Å². The van der Waals surface area contributed by atoms with E-state index in [2.05, 4.69) is 4.74 Å². The average molecular weight is 403 g/mol. The number of methoxy groups -OCH3 is 1. The number of fused-ring (bicyclic) bond motifs is 2. The van der Waals surface area contributed by atoms with Crippen molar-refractivity contribution in [2.24, 2.45) is 0 Å². The monoisotopic (exact) mass is 403 g/mol. The van der Waals surface area contributed by atoms with Crippen LogP contribution in [-0.4, -0.2) is 13.1 Å². The van der Waals surface area contributed by atoms with Crippen molar-refractivity contribution in [3.8, 4) is 11.5 Å². The lowest BCUT2D eigenvalue weighted by Crippen LogP contribution is -2.17. The number of ether oxygens (including phenoxy) is 2. The van der Waals surface area contributed by atoms with E-state index in [0.29, 0.717) is 16.4 Å². The van der Waals surface area contributed by atoms with Crippen molar-refractivity contribution in [3.05, 3.63) is 77.9 Å². The van der Waals surface area contributed by atoms with Crippen molar-refractivity contribution >= 4 is 16.9 Å². The molecular formula is C21H14F3O3S+. The third-order valence-electron chi connectivity index (χ3n) is 4.30. The molecule has 0 saturated heterocycles. The normalized spacial score (nSPS) is 13.3. The number of carbonyl (C=O) groups is 1. The fourth-order valence-electron chi connectivity index (χ4n) is 3.07. The maximum Gasteiger partial charge on any atom is 0.417 e. The predicted octanol–water partition coefficient (Wildman–Crippen LogP) is 5.69. The van der Waals surface area contributed by atoms with Crippen molar-refractivity contribution in [2.45, 2.75) is 20.9 Å². The number of carbonyl (C=O) groups excluding carboxylic acids is 1. The summed E-state index contributed by atoms with van der Waals surface area (Å²) in [4.78, 5) is 13.9. The van der Waals surface area contributed by atoms with Gasteiger partial charge in [0.2, 0.25) is 9.79 Å². The van der Waals surface area contributed by atoms with E-state index in [4.69, 9.17) is 4.74 Å². The van der Waals surface area contributed by atoms with Gasteiger partial charge in [0.15, 0.2) is 16.4 Å². The Bertz CT molecular complexity index is 1020. The van der Waals surface area contributed by atoms with Crippen LogP contribution in [0.2, 0.25) is 0 Å². The van der Waals surface area contributed by atoms with E-state index >= 15 is 0 Å².